The molecule has 0 bridgehead atoms. The van der Waals surface area contributed by atoms with Gasteiger partial charge >= 0.3 is 0 Å². The van der Waals surface area contributed by atoms with Crippen LogP contribution in [-0.2, 0) is 0 Å². The van der Waals surface area contributed by atoms with Crippen molar-refractivity contribution < 1.29 is 0 Å². The first-order chi connectivity index (χ1) is 38.9. The molecule has 79 heavy (non-hydrogen) atoms. The van der Waals surface area contributed by atoms with Crippen LogP contribution in [0, 0.1) is 6.92 Å². The second kappa shape index (κ2) is 20.3. The maximum absolute atomic E-state index is 3.58. The zero-order valence-corrected chi connectivity index (χ0v) is 46.3. The van der Waals surface area contributed by atoms with E-state index in [4.69, 9.17) is 0 Å². The first-order valence-electron chi connectivity index (χ1n) is 26.6. The van der Waals surface area contributed by atoms with E-state index >= 15 is 0 Å². The van der Waals surface area contributed by atoms with Crippen LogP contribution in [0.5, 0.6) is 0 Å². The molecule has 1 N–H and O–H groups in total. The van der Waals surface area contributed by atoms with Gasteiger partial charge in [-0.05, 0) is 163 Å². The summed E-state index contributed by atoms with van der Waals surface area (Å²) < 4.78 is 9.31. The summed E-state index contributed by atoms with van der Waals surface area (Å²) in [4.78, 5) is 3.53. The number of aryl methyl sites for hydroxylation is 1. The van der Waals surface area contributed by atoms with E-state index in [1.165, 1.54) is 126 Å². The third kappa shape index (κ3) is 8.80. The average Bonchev–Trinajstić information content (AvgIpc) is 4.41. The number of nitrogens with one attached hydrogen (secondary N) is 1. The van der Waals surface area contributed by atoms with Crippen molar-refractivity contribution in [2.75, 3.05) is 0 Å². The normalized spacial score (nSPS) is 11.5. The molecule has 0 spiro atoms. The van der Waals surface area contributed by atoms with Crippen molar-refractivity contribution in [2.24, 2.45) is 0 Å². The number of rotatable bonds is 5. The van der Waals surface area contributed by atoms with E-state index in [2.05, 4.69) is 324 Å². The smallest absolute Gasteiger partial charge is 0.0541 e. The van der Waals surface area contributed by atoms with Gasteiger partial charge < -0.3 is 18.7 Å². The van der Waals surface area contributed by atoms with Gasteiger partial charge in [-0.3, -0.25) is 0 Å². The SMILES string of the molecule is Brc1ccc(-n2c3ccccc3c3cc(-c4ccc5c(c4)c4ccccc4n5-c4ccccc4)ccc32)cc1.Cc1ccc(Br)cc1.c1ccc(-n2c3ccccc3c3cc(-c4ccc5[nH]c6ccccc6c5c4)ccc32)cc1. The number of aromatic nitrogens is 4. The van der Waals surface area contributed by atoms with Gasteiger partial charge in [0.05, 0.1) is 33.1 Å². The fourth-order valence-corrected chi connectivity index (χ4v) is 12.1. The lowest BCUT2D eigenvalue weighted by molar-refractivity contribution is 1.18. The summed E-state index contributed by atoms with van der Waals surface area (Å²) in [5, 5.41) is 10.2. The van der Waals surface area contributed by atoms with E-state index < -0.39 is 0 Å². The summed E-state index contributed by atoms with van der Waals surface area (Å²) in [5.41, 5.74) is 19.4. The number of hydrogen-bond acceptors (Lipinski definition) is 0. The molecule has 16 aromatic rings. The summed E-state index contributed by atoms with van der Waals surface area (Å²) in [7, 11) is 0. The fraction of sp³-hybridized carbons (Fsp3) is 0.0137. The van der Waals surface area contributed by atoms with Gasteiger partial charge in [-0.25, -0.2) is 0 Å². The summed E-state index contributed by atoms with van der Waals surface area (Å²) in [6.45, 7) is 2.08. The largest absolute Gasteiger partial charge is 0.355 e. The molecule has 12 aromatic carbocycles. The number of H-pyrrole nitrogens is 1. The minimum atomic E-state index is 1.08. The van der Waals surface area contributed by atoms with E-state index in [-0.39, 0.29) is 0 Å². The van der Waals surface area contributed by atoms with Crippen molar-refractivity contribution in [1.29, 1.82) is 0 Å². The first-order valence-corrected chi connectivity index (χ1v) is 28.2. The molecule has 0 atom stereocenters. The molecule has 0 unspecified atom stereocenters. The highest BCUT2D eigenvalue weighted by atomic mass is 79.9. The Morgan fingerprint density at radius 1 is 0.253 bits per heavy atom. The minimum absolute atomic E-state index is 1.08. The van der Waals surface area contributed by atoms with Crippen LogP contribution in [0.4, 0.5) is 0 Å². The third-order valence-corrected chi connectivity index (χ3v) is 16.4. The molecule has 4 aromatic heterocycles. The minimum Gasteiger partial charge on any atom is -0.355 e. The lowest BCUT2D eigenvalue weighted by Gasteiger charge is -2.09. The fourth-order valence-electron chi connectivity index (χ4n) is 11.6. The van der Waals surface area contributed by atoms with Gasteiger partial charge in [-0.2, -0.15) is 0 Å². The monoisotopic (exact) mass is 1140 g/mol. The van der Waals surface area contributed by atoms with Crippen LogP contribution in [0.2, 0.25) is 0 Å². The zero-order chi connectivity index (χ0) is 53.0. The highest BCUT2D eigenvalue weighted by molar-refractivity contribution is 9.10. The van der Waals surface area contributed by atoms with Gasteiger partial charge in [0, 0.05) is 80.1 Å². The Hall–Kier alpha value is -9.20. The third-order valence-electron chi connectivity index (χ3n) is 15.3. The van der Waals surface area contributed by atoms with Crippen LogP contribution >= 0.6 is 31.9 Å². The number of benzene rings is 12. The molecular weight excluding hydrogens is 1090 g/mol. The van der Waals surface area contributed by atoms with Crippen LogP contribution in [0.3, 0.4) is 0 Å². The topological polar surface area (TPSA) is 30.6 Å². The second-order valence-electron chi connectivity index (χ2n) is 20.1. The summed E-state index contributed by atoms with van der Waals surface area (Å²) in [6, 6.07) is 99.9. The Morgan fingerprint density at radius 2 is 0.570 bits per heavy atom. The summed E-state index contributed by atoms with van der Waals surface area (Å²) in [6.07, 6.45) is 0. The van der Waals surface area contributed by atoms with Gasteiger partial charge in [0.2, 0.25) is 0 Å². The molecule has 0 saturated carbocycles. The van der Waals surface area contributed by atoms with Crippen molar-refractivity contribution in [3.05, 3.63) is 294 Å². The maximum Gasteiger partial charge on any atom is 0.0541 e. The van der Waals surface area contributed by atoms with E-state index in [0.717, 1.165) is 14.6 Å². The van der Waals surface area contributed by atoms with Gasteiger partial charge in [0.15, 0.2) is 0 Å². The zero-order valence-electron chi connectivity index (χ0n) is 43.2. The van der Waals surface area contributed by atoms with Gasteiger partial charge in [0.25, 0.3) is 0 Å². The molecule has 0 fully saturated rings. The highest BCUT2D eigenvalue weighted by Gasteiger charge is 2.17. The molecule has 4 heterocycles. The summed E-state index contributed by atoms with van der Waals surface area (Å²) in [5.74, 6) is 0. The number of nitrogens with zero attached hydrogens (tertiary/aromatic N) is 3. The van der Waals surface area contributed by atoms with E-state index in [1.54, 1.807) is 0 Å². The Morgan fingerprint density at radius 3 is 1.00 bits per heavy atom. The van der Waals surface area contributed by atoms with E-state index in [9.17, 15) is 0 Å². The maximum atomic E-state index is 3.58. The van der Waals surface area contributed by atoms with Crippen LogP contribution < -0.4 is 0 Å². The number of aromatic amines is 1. The second-order valence-corrected chi connectivity index (χ2v) is 22.0. The van der Waals surface area contributed by atoms with Crippen molar-refractivity contribution in [2.45, 2.75) is 6.92 Å². The van der Waals surface area contributed by atoms with Gasteiger partial charge in [-0.1, -0.05) is 183 Å². The lowest BCUT2D eigenvalue weighted by atomic mass is 10.0. The molecule has 0 saturated heterocycles. The highest BCUT2D eigenvalue weighted by Crippen LogP contribution is 2.40. The Labute approximate surface area is 474 Å². The van der Waals surface area contributed by atoms with Crippen molar-refractivity contribution in [3.8, 4) is 39.3 Å². The molecule has 16 rings (SSSR count). The molecule has 0 radical (unpaired) electrons. The number of fused-ring (bicyclic) bond motifs is 12. The average molecular weight is 1140 g/mol. The molecule has 0 aliphatic rings. The molecule has 0 aliphatic heterocycles. The number of para-hydroxylation sites is 6. The summed E-state index contributed by atoms with van der Waals surface area (Å²) >= 11 is 6.93. The van der Waals surface area contributed by atoms with Crippen molar-refractivity contribution in [1.82, 2.24) is 18.7 Å². The standard InChI is InChI=1S/C36H23BrN2.C30H20N2.C7H7Br/c37-26-16-18-28(19-17-26)39-34-13-7-5-11-30(34)32-23-25(15-21-36(32)39)24-14-20-35-31(22-24)29-10-4-6-12-33(29)38(35)27-8-2-1-3-9-27;1-2-8-22(9-3-1)32-29-13-7-5-11-24(29)26-19-21(15-17-30(26)32)20-14-16-28-25(18-20)23-10-4-6-12-27(23)31-28;1-6-2-4-7(8)5-3-6/h1-23H;1-19,31H;2-5H,1H3. The van der Waals surface area contributed by atoms with Crippen LogP contribution in [0.15, 0.2) is 288 Å². The van der Waals surface area contributed by atoms with Gasteiger partial charge in [-0.15, -0.1) is 0 Å². The van der Waals surface area contributed by atoms with Gasteiger partial charge in [0.1, 0.15) is 0 Å². The Kier molecular flexibility index (Phi) is 12.4. The molecule has 376 valence electrons. The Bertz CT molecular complexity index is 4890. The molecule has 4 nitrogen and oxygen atoms in total. The van der Waals surface area contributed by atoms with Crippen molar-refractivity contribution >= 4 is 119 Å². The number of hydrogen-bond donors (Lipinski definition) is 1. The van der Waals surface area contributed by atoms with E-state index in [1.807, 2.05) is 12.1 Å². The predicted octanol–water partition coefficient (Wildman–Crippen LogP) is 21.2. The van der Waals surface area contributed by atoms with Crippen LogP contribution in [-0.4, -0.2) is 18.7 Å². The Balaban J connectivity index is 0.000000127. The van der Waals surface area contributed by atoms with Crippen LogP contribution in [0.25, 0.3) is 127 Å². The molecule has 0 amide bonds. The van der Waals surface area contributed by atoms with E-state index in [0.29, 0.717) is 0 Å². The predicted molar refractivity (Wildman–Crippen MR) is 343 cm³/mol. The molecular formula is C73H50Br2N4. The quantitative estimate of drug-likeness (QED) is 0.178. The molecule has 6 heteroatoms. The lowest BCUT2D eigenvalue weighted by Crippen LogP contribution is -1.93. The van der Waals surface area contributed by atoms with Crippen LogP contribution in [0.1, 0.15) is 5.56 Å². The molecule has 0 aliphatic carbocycles. The first kappa shape index (κ1) is 48.2. The number of halogens is 2. The van der Waals surface area contributed by atoms with Crippen molar-refractivity contribution in [3.63, 3.8) is 0 Å².